The summed E-state index contributed by atoms with van der Waals surface area (Å²) in [5.74, 6) is -1.52. The predicted octanol–water partition coefficient (Wildman–Crippen LogP) is 3.29. The molecule has 0 radical (unpaired) electrons. The highest BCUT2D eigenvalue weighted by Crippen LogP contribution is 2.29. The lowest BCUT2D eigenvalue weighted by Gasteiger charge is -2.07. The van der Waals surface area contributed by atoms with Gasteiger partial charge in [0.2, 0.25) is 0 Å². The molecule has 4 nitrogen and oxygen atoms in total. The summed E-state index contributed by atoms with van der Waals surface area (Å²) >= 11 is 3.24. The zero-order valence-corrected chi connectivity index (χ0v) is 12.7. The Kier molecular flexibility index (Phi) is 3.29. The van der Waals surface area contributed by atoms with Crippen molar-refractivity contribution in [3.63, 3.8) is 0 Å². The van der Waals surface area contributed by atoms with E-state index in [0.29, 0.717) is 10.0 Å². The molecule has 0 unspecified atom stereocenters. The van der Waals surface area contributed by atoms with Crippen molar-refractivity contribution in [3.05, 3.63) is 58.1 Å². The van der Waals surface area contributed by atoms with Crippen LogP contribution in [0.5, 0.6) is 0 Å². The number of hydrogen-bond donors (Lipinski definition) is 1. The summed E-state index contributed by atoms with van der Waals surface area (Å²) in [6.07, 6.45) is 0. The number of amidine groups is 1. The molecule has 0 aromatic heterocycles. The fourth-order valence-electron chi connectivity index (χ4n) is 1.98. The molecule has 8 heteroatoms. The number of halogens is 3. The molecule has 0 aliphatic carbocycles. The van der Waals surface area contributed by atoms with E-state index in [1.54, 1.807) is 12.1 Å². The minimum atomic E-state index is -3.79. The van der Waals surface area contributed by atoms with Gasteiger partial charge in [0.05, 0.1) is 0 Å². The monoisotopic (exact) mass is 372 g/mol. The van der Waals surface area contributed by atoms with Crippen LogP contribution in [-0.4, -0.2) is 14.3 Å². The van der Waals surface area contributed by atoms with Crippen LogP contribution in [0.1, 0.15) is 5.56 Å². The van der Waals surface area contributed by atoms with Crippen molar-refractivity contribution in [1.29, 1.82) is 0 Å². The van der Waals surface area contributed by atoms with Crippen molar-refractivity contribution < 1.29 is 17.2 Å². The number of anilines is 1. The summed E-state index contributed by atoms with van der Waals surface area (Å²) in [6, 6.07) is 7.39. The van der Waals surface area contributed by atoms with Crippen molar-refractivity contribution in [2.45, 2.75) is 4.90 Å². The number of hydrogen-bond acceptors (Lipinski definition) is 3. The van der Waals surface area contributed by atoms with Crippen LogP contribution in [0.25, 0.3) is 0 Å². The van der Waals surface area contributed by atoms with Crippen LogP contribution in [0, 0.1) is 11.6 Å². The molecule has 21 heavy (non-hydrogen) atoms. The maximum Gasteiger partial charge on any atom is 0.285 e. The molecule has 1 aliphatic rings. The van der Waals surface area contributed by atoms with Gasteiger partial charge in [0, 0.05) is 21.8 Å². The van der Waals surface area contributed by atoms with E-state index in [4.69, 9.17) is 0 Å². The van der Waals surface area contributed by atoms with Gasteiger partial charge in [-0.3, -0.25) is 0 Å². The SMILES string of the molecule is O=S1(=O)N=C(Nc2cc(F)cc(F)c2)c2cc(Br)ccc21. The second-order valence-corrected chi connectivity index (χ2v) is 6.83. The van der Waals surface area contributed by atoms with Crippen molar-refractivity contribution in [2.24, 2.45) is 4.40 Å². The summed E-state index contributed by atoms with van der Waals surface area (Å²) < 4.78 is 54.4. The Hall–Kier alpha value is -1.80. The molecular formula is C13H7BrF2N2O2S. The Morgan fingerprint density at radius 2 is 1.71 bits per heavy atom. The second kappa shape index (κ2) is 4.88. The first kappa shape index (κ1) is 14.2. The molecule has 0 spiro atoms. The van der Waals surface area contributed by atoms with E-state index in [1.807, 2.05) is 0 Å². The van der Waals surface area contributed by atoms with Crippen LogP contribution >= 0.6 is 15.9 Å². The van der Waals surface area contributed by atoms with Gasteiger partial charge >= 0.3 is 0 Å². The average Bonchev–Trinajstić information content (AvgIpc) is 2.59. The van der Waals surface area contributed by atoms with E-state index in [9.17, 15) is 17.2 Å². The smallest absolute Gasteiger partial charge is 0.285 e. The molecule has 2 aromatic carbocycles. The predicted molar refractivity (Wildman–Crippen MR) is 77.8 cm³/mol. The summed E-state index contributed by atoms with van der Waals surface area (Å²) in [5.41, 5.74) is 0.420. The topological polar surface area (TPSA) is 58.5 Å². The number of benzene rings is 2. The molecular weight excluding hydrogens is 366 g/mol. The van der Waals surface area contributed by atoms with Crippen LogP contribution in [0.2, 0.25) is 0 Å². The highest BCUT2D eigenvalue weighted by molar-refractivity contribution is 9.10. The average molecular weight is 373 g/mol. The first-order valence-corrected chi connectivity index (χ1v) is 7.96. The maximum atomic E-state index is 13.2. The molecule has 3 rings (SSSR count). The van der Waals surface area contributed by atoms with E-state index < -0.39 is 21.7 Å². The van der Waals surface area contributed by atoms with Crippen LogP contribution in [0.3, 0.4) is 0 Å². The maximum absolute atomic E-state index is 13.2. The Balaban J connectivity index is 2.07. The van der Waals surface area contributed by atoms with Crippen LogP contribution in [0.15, 0.2) is 50.2 Å². The van der Waals surface area contributed by atoms with E-state index in [-0.39, 0.29) is 16.4 Å². The summed E-state index contributed by atoms with van der Waals surface area (Å²) in [5, 5.41) is 2.63. The lowest BCUT2D eigenvalue weighted by Crippen LogP contribution is -2.11. The quantitative estimate of drug-likeness (QED) is 0.835. The van der Waals surface area contributed by atoms with Crippen LogP contribution < -0.4 is 5.32 Å². The second-order valence-electron chi connectivity index (χ2n) is 4.34. The number of sulfonamides is 1. The van der Waals surface area contributed by atoms with E-state index >= 15 is 0 Å². The van der Waals surface area contributed by atoms with Gasteiger partial charge in [-0.1, -0.05) is 15.9 Å². The fourth-order valence-corrected chi connectivity index (χ4v) is 3.50. The standard InChI is InChI=1S/C13H7BrF2N2O2S/c14-7-1-2-12-11(3-7)13(18-21(12,19)20)17-10-5-8(15)4-9(16)6-10/h1-6H,(H,17,18). The third-order valence-electron chi connectivity index (χ3n) is 2.81. The molecule has 0 saturated carbocycles. The fraction of sp³-hybridized carbons (Fsp3) is 0. The Bertz CT molecular complexity index is 861. The molecule has 108 valence electrons. The largest absolute Gasteiger partial charge is 0.339 e. The third kappa shape index (κ3) is 2.68. The van der Waals surface area contributed by atoms with Gasteiger partial charge in [-0.2, -0.15) is 8.42 Å². The lowest BCUT2D eigenvalue weighted by atomic mass is 10.2. The van der Waals surface area contributed by atoms with Gasteiger partial charge < -0.3 is 5.32 Å². The lowest BCUT2D eigenvalue weighted by molar-refractivity contribution is 0.584. The number of nitrogens with zero attached hydrogens (tertiary/aromatic N) is 1. The molecule has 0 amide bonds. The molecule has 1 heterocycles. The molecule has 2 aromatic rings. The summed E-state index contributed by atoms with van der Waals surface area (Å²) in [6.45, 7) is 0. The van der Waals surface area contributed by atoms with Gasteiger partial charge in [-0.25, -0.2) is 8.78 Å². The van der Waals surface area contributed by atoms with E-state index in [0.717, 1.165) is 18.2 Å². The molecule has 1 N–H and O–H groups in total. The van der Waals surface area contributed by atoms with Gasteiger partial charge in [0.15, 0.2) is 5.84 Å². The minimum absolute atomic E-state index is 0.0244. The number of fused-ring (bicyclic) bond motifs is 1. The number of nitrogens with one attached hydrogen (secondary N) is 1. The summed E-state index contributed by atoms with van der Waals surface area (Å²) in [7, 11) is -3.79. The van der Waals surface area contributed by atoms with Crippen molar-refractivity contribution in [1.82, 2.24) is 0 Å². The molecule has 1 aliphatic heterocycles. The number of rotatable bonds is 1. The van der Waals surface area contributed by atoms with Gasteiger partial charge in [-0.05, 0) is 30.3 Å². The van der Waals surface area contributed by atoms with E-state index in [1.165, 1.54) is 6.07 Å². The minimum Gasteiger partial charge on any atom is -0.339 e. The summed E-state index contributed by atoms with van der Waals surface area (Å²) in [4.78, 5) is 0.0464. The first-order chi connectivity index (χ1) is 9.85. The normalized spacial score (nSPS) is 15.5. The highest BCUT2D eigenvalue weighted by atomic mass is 79.9. The van der Waals surface area contributed by atoms with Gasteiger partial charge in [-0.15, -0.1) is 4.40 Å². The Morgan fingerprint density at radius 1 is 1.05 bits per heavy atom. The highest BCUT2D eigenvalue weighted by Gasteiger charge is 2.29. The molecule has 0 atom stereocenters. The van der Waals surface area contributed by atoms with Gasteiger partial charge in [0.1, 0.15) is 16.5 Å². The van der Waals surface area contributed by atoms with Crippen molar-refractivity contribution in [2.75, 3.05) is 5.32 Å². The molecule has 0 fully saturated rings. The van der Waals surface area contributed by atoms with Crippen molar-refractivity contribution in [3.8, 4) is 0 Å². The van der Waals surface area contributed by atoms with Crippen LogP contribution in [-0.2, 0) is 10.0 Å². The van der Waals surface area contributed by atoms with E-state index in [2.05, 4.69) is 25.6 Å². The van der Waals surface area contributed by atoms with Gasteiger partial charge in [0.25, 0.3) is 10.0 Å². The Labute approximate surface area is 127 Å². The van der Waals surface area contributed by atoms with Crippen LogP contribution in [0.4, 0.5) is 14.5 Å². The third-order valence-corrected chi connectivity index (χ3v) is 4.64. The molecule has 0 bridgehead atoms. The van der Waals surface area contributed by atoms with Crippen molar-refractivity contribution >= 4 is 37.5 Å². The molecule has 0 saturated heterocycles. The first-order valence-electron chi connectivity index (χ1n) is 5.73. The zero-order valence-electron chi connectivity index (χ0n) is 10.3. The Morgan fingerprint density at radius 3 is 2.38 bits per heavy atom. The zero-order chi connectivity index (χ0) is 15.2.